The van der Waals surface area contributed by atoms with E-state index < -0.39 is 0 Å². The molecule has 3 aromatic rings. The molecule has 0 saturated heterocycles. The van der Waals surface area contributed by atoms with Crippen LogP contribution in [-0.4, -0.2) is 33.6 Å². The number of hydrogen-bond donors (Lipinski definition) is 0. The van der Waals surface area contributed by atoms with E-state index in [2.05, 4.69) is 17.1 Å². The molecule has 126 valence electrons. The fourth-order valence-electron chi connectivity index (χ4n) is 3.46. The monoisotopic (exact) mass is 335 g/mol. The highest BCUT2D eigenvalue weighted by molar-refractivity contribution is 5.77. The van der Waals surface area contributed by atoms with Gasteiger partial charge in [0.2, 0.25) is 0 Å². The number of amides is 1. The smallest absolute Gasteiger partial charge is 0.323 e. The van der Waals surface area contributed by atoms with Crippen LogP contribution in [0.3, 0.4) is 0 Å². The number of fused-ring (bicyclic) bond motifs is 1. The van der Waals surface area contributed by atoms with Crippen LogP contribution >= 0.6 is 0 Å². The zero-order chi connectivity index (χ0) is 17.2. The molecule has 5 heteroatoms. The Balaban J connectivity index is 1.72. The normalized spacial score (nSPS) is 17.0. The minimum Gasteiger partial charge on any atom is -0.323 e. The van der Waals surface area contributed by atoms with Gasteiger partial charge in [-0.1, -0.05) is 36.4 Å². The topological polar surface area (TPSA) is 38.1 Å². The SMILES string of the molecule is O=C(N1CCc2ccccc2C(c2ccc(F)cc2)C1)n1ccnc1. The van der Waals surface area contributed by atoms with Crippen molar-refractivity contribution in [3.63, 3.8) is 0 Å². The third kappa shape index (κ3) is 3.05. The van der Waals surface area contributed by atoms with Gasteiger partial charge >= 0.3 is 6.03 Å². The number of hydrogen-bond acceptors (Lipinski definition) is 2. The molecule has 1 aromatic heterocycles. The van der Waals surface area contributed by atoms with Crippen molar-refractivity contribution in [2.75, 3.05) is 13.1 Å². The van der Waals surface area contributed by atoms with Crippen molar-refractivity contribution in [1.29, 1.82) is 0 Å². The van der Waals surface area contributed by atoms with Crippen LogP contribution in [0.5, 0.6) is 0 Å². The molecule has 25 heavy (non-hydrogen) atoms. The number of rotatable bonds is 1. The number of benzene rings is 2. The van der Waals surface area contributed by atoms with E-state index >= 15 is 0 Å². The Morgan fingerprint density at radius 1 is 1.12 bits per heavy atom. The number of imidazole rings is 1. The Labute approximate surface area is 145 Å². The van der Waals surface area contributed by atoms with Gasteiger partial charge in [0, 0.05) is 31.4 Å². The van der Waals surface area contributed by atoms with Gasteiger partial charge in [0.15, 0.2) is 0 Å². The van der Waals surface area contributed by atoms with E-state index in [1.165, 1.54) is 34.2 Å². The molecule has 2 heterocycles. The van der Waals surface area contributed by atoms with Gasteiger partial charge in [-0.3, -0.25) is 4.57 Å². The van der Waals surface area contributed by atoms with Gasteiger partial charge in [-0.25, -0.2) is 14.2 Å². The summed E-state index contributed by atoms with van der Waals surface area (Å²) in [7, 11) is 0. The maximum atomic E-state index is 13.3. The summed E-state index contributed by atoms with van der Waals surface area (Å²) in [4.78, 5) is 18.6. The lowest BCUT2D eigenvalue weighted by Gasteiger charge is -2.25. The van der Waals surface area contributed by atoms with Crippen molar-refractivity contribution < 1.29 is 9.18 Å². The van der Waals surface area contributed by atoms with Gasteiger partial charge in [-0.15, -0.1) is 0 Å². The van der Waals surface area contributed by atoms with Crippen LogP contribution in [0.15, 0.2) is 67.3 Å². The van der Waals surface area contributed by atoms with Crippen molar-refractivity contribution >= 4 is 6.03 Å². The molecular weight excluding hydrogens is 317 g/mol. The molecule has 0 saturated carbocycles. The summed E-state index contributed by atoms with van der Waals surface area (Å²) >= 11 is 0. The van der Waals surface area contributed by atoms with Crippen LogP contribution < -0.4 is 0 Å². The lowest BCUT2D eigenvalue weighted by atomic mass is 9.88. The molecule has 0 radical (unpaired) electrons. The van der Waals surface area contributed by atoms with Gasteiger partial charge in [-0.2, -0.15) is 0 Å². The molecule has 0 spiro atoms. The molecule has 1 atom stereocenters. The summed E-state index contributed by atoms with van der Waals surface area (Å²) < 4.78 is 14.8. The second-order valence-electron chi connectivity index (χ2n) is 6.25. The van der Waals surface area contributed by atoms with Crippen molar-refractivity contribution in [3.05, 3.63) is 89.8 Å². The van der Waals surface area contributed by atoms with Crippen LogP contribution in [0.4, 0.5) is 9.18 Å². The highest BCUT2D eigenvalue weighted by Crippen LogP contribution is 2.31. The van der Waals surface area contributed by atoms with Gasteiger partial charge in [0.05, 0.1) is 0 Å². The minimum atomic E-state index is -0.253. The van der Waals surface area contributed by atoms with Crippen LogP contribution in [0, 0.1) is 5.82 Å². The molecule has 1 aliphatic rings. The van der Waals surface area contributed by atoms with E-state index in [-0.39, 0.29) is 17.8 Å². The number of aromatic nitrogens is 2. The van der Waals surface area contributed by atoms with Crippen molar-refractivity contribution in [2.45, 2.75) is 12.3 Å². The fraction of sp³-hybridized carbons (Fsp3) is 0.200. The van der Waals surface area contributed by atoms with E-state index in [1.54, 1.807) is 12.4 Å². The largest absolute Gasteiger partial charge is 0.329 e. The predicted octanol–water partition coefficient (Wildman–Crippen LogP) is 3.68. The Morgan fingerprint density at radius 3 is 2.68 bits per heavy atom. The summed E-state index contributed by atoms with van der Waals surface area (Å²) in [5.74, 6) is -0.233. The summed E-state index contributed by atoms with van der Waals surface area (Å²) in [6.45, 7) is 1.20. The second kappa shape index (κ2) is 6.51. The molecule has 0 fully saturated rings. The number of carbonyl (C=O) groups is 1. The first-order valence-corrected chi connectivity index (χ1v) is 8.33. The Hall–Kier alpha value is -2.95. The zero-order valence-corrected chi connectivity index (χ0v) is 13.7. The van der Waals surface area contributed by atoms with E-state index in [0.29, 0.717) is 13.1 Å². The first-order valence-electron chi connectivity index (χ1n) is 8.33. The van der Waals surface area contributed by atoms with Gasteiger partial charge < -0.3 is 4.90 Å². The Morgan fingerprint density at radius 2 is 1.92 bits per heavy atom. The van der Waals surface area contributed by atoms with E-state index in [1.807, 2.05) is 29.2 Å². The number of halogens is 1. The first kappa shape index (κ1) is 15.6. The molecule has 1 unspecified atom stereocenters. The number of nitrogens with zero attached hydrogens (tertiary/aromatic N) is 3. The molecule has 0 aliphatic carbocycles. The number of carbonyl (C=O) groups excluding carboxylic acids is 1. The van der Waals surface area contributed by atoms with Crippen molar-refractivity contribution in [1.82, 2.24) is 14.5 Å². The third-order valence-corrected chi connectivity index (χ3v) is 4.75. The summed E-state index contributed by atoms with van der Waals surface area (Å²) in [5, 5.41) is 0. The standard InChI is InChI=1S/C20H18FN3O/c21-17-7-5-16(6-8-17)19-13-23(20(25)24-12-10-22-14-24)11-9-15-3-1-2-4-18(15)19/h1-8,10,12,14,19H,9,11,13H2. The molecule has 1 amide bonds. The average molecular weight is 335 g/mol. The highest BCUT2D eigenvalue weighted by atomic mass is 19.1. The first-order chi connectivity index (χ1) is 12.2. The lowest BCUT2D eigenvalue weighted by Crippen LogP contribution is -2.37. The molecule has 4 rings (SSSR count). The third-order valence-electron chi connectivity index (χ3n) is 4.75. The fourth-order valence-corrected chi connectivity index (χ4v) is 3.46. The Kier molecular flexibility index (Phi) is 4.06. The quantitative estimate of drug-likeness (QED) is 0.680. The van der Waals surface area contributed by atoms with Crippen LogP contribution in [-0.2, 0) is 6.42 Å². The van der Waals surface area contributed by atoms with E-state index in [9.17, 15) is 9.18 Å². The lowest BCUT2D eigenvalue weighted by molar-refractivity contribution is 0.200. The molecule has 0 bridgehead atoms. The minimum absolute atomic E-state index is 0.0202. The van der Waals surface area contributed by atoms with Gasteiger partial charge in [-0.05, 0) is 35.2 Å². The zero-order valence-electron chi connectivity index (χ0n) is 13.7. The van der Waals surface area contributed by atoms with Crippen molar-refractivity contribution in [2.24, 2.45) is 0 Å². The molecule has 0 N–H and O–H groups in total. The van der Waals surface area contributed by atoms with Gasteiger partial charge in [0.25, 0.3) is 0 Å². The average Bonchev–Trinajstić information content (AvgIpc) is 3.11. The summed E-state index contributed by atoms with van der Waals surface area (Å²) in [6.07, 6.45) is 5.58. The van der Waals surface area contributed by atoms with E-state index in [4.69, 9.17) is 0 Å². The maximum absolute atomic E-state index is 13.3. The van der Waals surface area contributed by atoms with Crippen molar-refractivity contribution in [3.8, 4) is 0 Å². The van der Waals surface area contributed by atoms with E-state index in [0.717, 1.165) is 12.0 Å². The molecular formula is C20H18FN3O. The summed E-state index contributed by atoms with van der Waals surface area (Å²) in [5.41, 5.74) is 3.45. The maximum Gasteiger partial charge on any atom is 0.329 e. The highest BCUT2D eigenvalue weighted by Gasteiger charge is 2.27. The van der Waals surface area contributed by atoms with Crippen LogP contribution in [0.25, 0.3) is 0 Å². The van der Waals surface area contributed by atoms with Crippen LogP contribution in [0.1, 0.15) is 22.6 Å². The molecule has 1 aliphatic heterocycles. The Bertz CT molecular complexity index is 874. The summed E-state index contributed by atoms with van der Waals surface area (Å²) in [6, 6.07) is 14.7. The predicted molar refractivity (Wildman–Crippen MR) is 93.0 cm³/mol. The molecule has 2 aromatic carbocycles. The second-order valence-corrected chi connectivity index (χ2v) is 6.25. The van der Waals surface area contributed by atoms with Gasteiger partial charge in [0.1, 0.15) is 12.1 Å². The van der Waals surface area contributed by atoms with Crippen LogP contribution in [0.2, 0.25) is 0 Å². The molecule has 4 nitrogen and oxygen atoms in total.